The zero-order valence-electron chi connectivity index (χ0n) is 13.3. The Hall–Kier alpha value is -1.39. The van der Waals surface area contributed by atoms with Crippen LogP contribution in [0.1, 0.15) is 50.7 Å². The second-order valence-electron chi connectivity index (χ2n) is 5.73. The molecular formula is C18H23O3S-. The third-order valence-electron chi connectivity index (χ3n) is 4.03. The van der Waals surface area contributed by atoms with Crippen LogP contribution in [0.3, 0.4) is 0 Å². The maximum absolute atomic E-state index is 11.9. The number of aryl methyl sites for hydroxylation is 1. The van der Waals surface area contributed by atoms with Crippen molar-refractivity contribution in [2.45, 2.75) is 57.3 Å². The second kappa shape index (κ2) is 7.25. The fourth-order valence-electron chi connectivity index (χ4n) is 2.92. The molecule has 3 nitrogen and oxygen atoms in total. The van der Waals surface area contributed by atoms with Crippen molar-refractivity contribution in [1.82, 2.24) is 0 Å². The standard InChI is InChI=1S/C18H24O3S/c1-3-5-9-14-13-15-10-7-8-12-17(15)18(22(19,20)21)16(14)11-6-4-2/h7-8,10,12-13H,3-6,9,11H2,1-2H3,(H,19,20,21)/p-1. The van der Waals surface area contributed by atoms with Crippen LogP contribution in [0, 0.1) is 0 Å². The van der Waals surface area contributed by atoms with Gasteiger partial charge in [0.05, 0.1) is 4.90 Å². The molecule has 2 aromatic rings. The first-order valence-corrected chi connectivity index (χ1v) is 9.39. The molecule has 0 aliphatic heterocycles. The van der Waals surface area contributed by atoms with Gasteiger partial charge in [-0.3, -0.25) is 0 Å². The summed E-state index contributed by atoms with van der Waals surface area (Å²) < 4.78 is 35.7. The molecule has 0 spiro atoms. The van der Waals surface area contributed by atoms with E-state index in [9.17, 15) is 13.0 Å². The highest BCUT2D eigenvalue weighted by Crippen LogP contribution is 2.32. The molecule has 2 rings (SSSR count). The van der Waals surface area contributed by atoms with E-state index in [-0.39, 0.29) is 4.90 Å². The lowest BCUT2D eigenvalue weighted by Gasteiger charge is -2.20. The Morgan fingerprint density at radius 2 is 1.64 bits per heavy atom. The van der Waals surface area contributed by atoms with E-state index >= 15 is 0 Å². The van der Waals surface area contributed by atoms with E-state index in [2.05, 4.69) is 19.9 Å². The van der Waals surface area contributed by atoms with Gasteiger partial charge in [0.15, 0.2) is 0 Å². The first-order valence-electron chi connectivity index (χ1n) is 7.98. The van der Waals surface area contributed by atoms with Gasteiger partial charge in [0, 0.05) is 0 Å². The van der Waals surface area contributed by atoms with Gasteiger partial charge in [-0.05, 0) is 47.6 Å². The molecule has 4 heteroatoms. The van der Waals surface area contributed by atoms with Crippen molar-refractivity contribution in [3.05, 3.63) is 41.5 Å². The lowest BCUT2D eigenvalue weighted by atomic mass is 9.94. The van der Waals surface area contributed by atoms with Crippen molar-refractivity contribution >= 4 is 20.9 Å². The number of hydrogen-bond acceptors (Lipinski definition) is 3. The molecule has 2 aromatic carbocycles. The van der Waals surface area contributed by atoms with Gasteiger partial charge in [0.1, 0.15) is 10.1 Å². The normalized spacial score (nSPS) is 12.0. The highest BCUT2D eigenvalue weighted by Gasteiger charge is 2.17. The summed E-state index contributed by atoms with van der Waals surface area (Å²) in [4.78, 5) is 0.00477. The lowest BCUT2D eigenvalue weighted by molar-refractivity contribution is 0.462. The summed E-state index contributed by atoms with van der Waals surface area (Å²) >= 11 is 0. The number of hydrogen-bond donors (Lipinski definition) is 0. The summed E-state index contributed by atoms with van der Waals surface area (Å²) in [6.07, 6.45) is 5.37. The fourth-order valence-corrected chi connectivity index (χ4v) is 3.91. The Kier molecular flexibility index (Phi) is 5.59. The number of unbranched alkanes of at least 4 members (excludes halogenated alkanes) is 2. The molecule has 0 saturated heterocycles. The molecule has 22 heavy (non-hydrogen) atoms. The summed E-state index contributed by atoms with van der Waals surface area (Å²) in [5.41, 5.74) is 1.76. The molecule has 0 atom stereocenters. The van der Waals surface area contributed by atoms with Gasteiger partial charge in [0.25, 0.3) is 0 Å². The summed E-state index contributed by atoms with van der Waals surface area (Å²) in [7, 11) is -4.49. The molecule has 0 amide bonds. The van der Waals surface area contributed by atoms with Crippen LogP contribution >= 0.6 is 0 Å². The van der Waals surface area contributed by atoms with Gasteiger partial charge in [-0.1, -0.05) is 57.0 Å². The van der Waals surface area contributed by atoms with Crippen molar-refractivity contribution in [2.75, 3.05) is 0 Å². The Morgan fingerprint density at radius 1 is 1.00 bits per heavy atom. The third kappa shape index (κ3) is 3.68. The predicted molar refractivity (Wildman–Crippen MR) is 89.1 cm³/mol. The highest BCUT2D eigenvalue weighted by atomic mass is 32.2. The third-order valence-corrected chi connectivity index (χ3v) is 4.99. The average Bonchev–Trinajstić information content (AvgIpc) is 2.48. The van der Waals surface area contributed by atoms with E-state index in [1.165, 1.54) is 0 Å². The number of benzene rings is 2. The summed E-state index contributed by atoms with van der Waals surface area (Å²) in [6, 6.07) is 9.33. The van der Waals surface area contributed by atoms with Crippen molar-refractivity contribution in [2.24, 2.45) is 0 Å². The first kappa shape index (κ1) is 17.0. The largest absolute Gasteiger partial charge is 0.744 e. The SMILES string of the molecule is CCCCc1cc2ccccc2c(S(=O)(=O)[O-])c1CCCC. The van der Waals surface area contributed by atoms with E-state index in [0.29, 0.717) is 11.8 Å². The van der Waals surface area contributed by atoms with E-state index in [1.54, 1.807) is 12.1 Å². The van der Waals surface area contributed by atoms with E-state index in [0.717, 1.165) is 48.6 Å². The van der Waals surface area contributed by atoms with Gasteiger partial charge in [0.2, 0.25) is 0 Å². The lowest BCUT2D eigenvalue weighted by Crippen LogP contribution is -2.08. The quantitative estimate of drug-likeness (QED) is 0.709. The monoisotopic (exact) mass is 319 g/mol. The van der Waals surface area contributed by atoms with E-state index in [1.807, 2.05) is 12.1 Å². The molecule has 0 radical (unpaired) electrons. The number of fused-ring (bicyclic) bond motifs is 1. The maximum Gasteiger partial charge on any atom is 0.125 e. The number of rotatable bonds is 7. The molecule has 0 fully saturated rings. The van der Waals surface area contributed by atoms with Crippen LogP contribution in [-0.4, -0.2) is 13.0 Å². The molecule has 0 saturated carbocycles. The van der Waals surface area contributed by atoms with Crippen LogP contribution in [0.15, 0.2) is 35.2 Å². The van der Waals surface area contributed by atoms with Crippen LogP contribution in [0.2, 0.25) is 0 Å². The van der Waals surface area contributed by atoms with Gasteiger partial charge in [-0.2, -0.15) is 0 Å². The summed E-state index contributed by atoms with van der Waals surface area (Å²) in [5, 5.41) is 1.40. The minimum absolute atomic E-state index is 0.00477. The minimum Gasteiger partial charge on any atom is -0.744 e. The topological polar surface area (TPSA) is 57.2 Å². The maximum atomic E-state index is 11.9. The molecule has 120 valence electrons. The van der Waals surface area contributed by atoms with Crippen molar-refractivity contribution in [1.29, 1.82) is 0 Å². The van der Waals surface area contributed by atoms with E-state index in [4.69, 9.17) is 0 Å². The molecule has 0 unspecified atom stereocenters. The molecule has 0 aliphatic carbocycles. The summed E-state index contributed by atoms with van der Waals surface area (Å²) in [6.45, 7) is 4.18. The Bertz CT molecular complexity index is 748. The molecule has 0 aliphatic rings. The second-order valence-corrected chi connectivity index (χ2v) is 7.04. The Labute approximate surface area is 133 Å². The van der Waals surface area contributed by atoms with Crippen LogP contribution in [-0.2, 0) is 23.0 Å². The van der Waals surface area contributed by atoms with Crippen molar-refractivity contribution < 1.29 is 13.0 Å². The van der Waals surface area contributed by atoms with Crippen molar-refractivity contribution in [3.63, 3.8) is 0 Å². The molecule has 0 aromatic heterocycles. The fraction of sp³-hybridized carbons (Fsp3) is 0.444. The first-order chi connectivity index (χ1) is 10.5. The van der Waals surface area contributed by atoms with Gasteiger partial charge < -0.3 is 4.55 Å². The van der Waals surface area contributed by atoms with Gasteiger partial charge in [-0.25, -0.2) is 8.42 Å². The average molecular weight is 319 g/mol. The van der Waals surface area contributed by atoms with Crippen LogP contribution < -0.4 is 0 Å². The molecule has 0 N–H and O–H groups in total. The molecule has 0 bridgehead atoms. The minimum atomic E-state index is -4.49. The summed E-state index contributed by atoms with van der Waals surface area (Å²) in [5.74, 6) is 0. The zero-order valence-corrected chi connectivity index (χ0v) is 14.1. The molecule has 0 heterocycles. The van der Waals surface area contributed by atoms with Crippen LogP contribution in [0.5, 0.6) is 0 Å². The van der Waals surface area contributed by atoms with E-state index < -0.39 is 10.1 Å². The molecular weight excluding hydrogens is 296 g/mol. The van der Waals surface area contributed by atoms with Crippen LogP contribution in [0.4, 0.5) is 0 Å². The van der Waals surface area contributed by atoms with Crippen molar-refractivity contribution in [3.8, 4) is 0 Å². The predicted octanol–water partition coefficient (Wildman–Crippen LogP) is 4.43. The highest BCUT2D eigenvalue weighted by molar-refractivity contribution is 7.86. The van der Waals surface area contributed by atoms with Crippen LogP contribution in [0.25, 0.3) is 10.8 Å². The zero-order chi connectivity index (χ0) is 16.2. The smallest absolute Gasteiger partial charge is 0.125 e. The Morgan fingerprint density at radius 3 is 2.27 bits per heavy atom. The van der Waals surface area contributed by atoms with Gasteiger partial charge >= 0.3 is 0 Å². The van der Waals surface area contributed by atoms with Gasteiger partial charge in [-0.15, -0.1) is 0 Å². The Balaban J connectivity index is 2.75.